The van der Waals surface area contributed by atoms with Crippen molar-refractivity contribution < 1.29 is 5.11 Å². The molecule has 0 saturated carbocycles. The molecule has 0 bridgehead atoms. The van der Waals surface area contributed by atoms with Crippen LogP contribution in [0, 0.1) is 0 Å². The Morgan fingerprint density at radius 1 is 1.04 bits per heavy atom. The van der Waals surface area contributed by atoms with Gasteiger partial charge in [0.05, 0.1) is 28.8 Å². The second-order valence-electron chi connectivity index (χ2n) is 6.20. The average Bonchev–Trinajstić information content (AvgIpc) is 3.09. The maximum atomic E-state index is 13.0. The first-order valence-corrected chi connectivity index (χ1v) is 8.67. The smallest absolute Gasteiger partial charge is 0.338 e. The van der Waals surface area contributed by atoms with Crippen molar-refractivity contribution in [2.24, 2.45) is 0 Å². The first kappa shape index (κ1) is 16.8. The summed E-state index contributed by atoms with van der Waals surface area (Å²) in [5, 5.41) is 10.6. The van der Waals surface area contributed by atoms with Crippen LogP contribution in [0.2, 0.25) is 0 Å². The van der Waals surface area contributed by atoms with Crippen LogP contribution in [-0.4, -0.2) is 24.2 Å². The van der Waals surface area contributed by atoms with Crippen molar-refractivity contribution in [2.75, 3.05) is 0 Å². The lowest BCUT2D eigenvalue weighted by atomic mass is 10.2. The standard InChI is InChI=1S/C20H18N4O3/c1-2-14-18(25)23(12-17-21-15-10-6-7-11-16(15)22-17)20(27)24(19(14)26)13-8-4-3-5-9-13/h3-11,25H,2,12H2,1H3,(H,21,22). The van der Waals surface area contributed by atoms with Crippen molar-refractivity contribution in [1.29, 1.82) is 0 Å². The van der Waals surface area contributed by atoms with Gasteiger partial charge in [-0.05, 0) is 30.7 Å². The second-order valence-corrected chi connectivity index (χ2v) is 6.20. The van der Waals surface area contributed by atoms with E-state index in [1.165, 1.54) is 4.57 Å². The predicted molar refractivity (Wildman–Crippen MR) is 103 cm³/mol. The number of hydrogen-bond acceptors (Lipinski definition) is 4. The Bertz CT molecular complexity index is 1200. The van der Waals surface area contributed by atoms with Crippen LogP contribution >= 0.6 is 0 Å². The SMILES string of the molecule is CCc1c(O)n(Cc2nc3ccccc3[nH]2)c(=O)n(-c2ccccc2)c1=O. The number of H-pyrrole nitrogens is 1. The topological polar surface area (TPSA) is 92.9 Å². The van der Waals surface area contributed by atoms with E-state index in [2.05, 4.69) is 9.97 Å². The van der Waals surface area contributed by atoms with Gasteiger partial charge in [0.15, 0.2) is 0 Å². The third kappa shape index (κ3) is 2.83. The number of rotatable bonds is 4. The van der Waals surface area contributed by atoms with Gasteiger partial charge in [-0.3, -0.25) is 9.36 Å². The Balaban J connectivity index is 1.92. The number of benzene rings is 2. The zero-order chi connectivity index (χ0) is 19.0. The van der Waals surface area contributed by atoms with Crippen molar-refractivity contribution >= 4 is 11.0 Å². The molecule has 0 radical (unpaired) electrons. The number of para-hydroxylation sites is 3. The van der Waals surface area contributed by atoms with Crippen LogP contribution in [0.25, 0.3) is 16.7 Å². The van der Waals surface area contributed by atoms with E-state index in [-0.39, 0.29) is 18.0 Å². The van der Waals surface area contributed by atoms with Gasteiger partial charge >= 0.3 is 5.69 Å². The molecular formula is C20H18N4O3. The summed E-state index contributed by atoms with van der Waals surface area (Å²) in [5.41, 5.74) is 1.14. The molecule has 0 spiro atoms. The van der Waals surface area contributed by atoms with Crippen LogP contribution in [0.15, 0.2) is 64.2 Å². The number of aromatic amines is 1. The zero-order valence-electron chi connectivity index (χ0n) is 14.7. The highest BCUT2D eigenvalue weighted by atomic mass is 16.3. The van der Waals surface area contributed by atoms with Gasteiger partial charge in [-0.25, -0.2) is 14.3 Å². The molecule has 0 saturated heterocycles. The summed E-state index contributed by atoms with van der Waals surface area (Å²) >= 11 is 0. The number of hydrogen-bond donors (Lipinski definition) is 2. The van der Waals surface area contributed by atoms with Crippen molar-refractivity contribution in [3.8, 4) is 11.6 Å². The zero-order valence-corrected chi connectivity index (χ0v) is 14.7. The van der Waals surface area contributed by atoms with Gasteiger partial charge < -0.3 is 10.1 Å². The summed E-state index contributed by atoms with van der Waals surface area (Å²) in [6.07, 6.45) is 0.303. The summed E-state index contributed by atoms with van der Waals surface area (Å²) in [7, 11) is 0. The third-order valence-corrected chi connectivity index (χ3v) is 4.52. The van der Waals surface area contributed by atoms with E-state index in [0.29, 0.717) is 17.9 Å². The van der Waals surface area contributed by atoms with Crippen LogP contribution in [0.1, 0.15) is 18.3 Å². The molecule has 7 heteroatoms. The molecule has 2 aromatic carbocycles. The molecule has 0 fully saturated rings. The summed E-state index contributed by atoms with van der Waals surface area (Å²) in [5.74, 6) is 0.203. The Kier molecular flexibility index (Phi) is 4.12. The van der Waals surface area contributed by atoms with E-state index in [9.17, 15) is 14.7 Å². The van der Waals surface area contributed by atoms with Gasteiger partial charge in [-0.2, -0.15) is 0 Å². The molecule has 0 aliphatic carbocycles. The van der Waals surface area contributed by atoms with Crippen LogP contribution in [-0.2, 0) is 13.0 Å². The van der Waals surface area contributed by atoms with Crippen molar-refractivity contribution in [1.82, 2.24) is 19.1 Å². The average molecular weight is 362 g/mol. The first-order chi connectivity index (χ1) is 13.1. The fraction of sp³-hybridized carbons (Fsp3) is 0.150. The number of imidazole rings is 1. The number of aromatic hydroxyl groups is 1. The molecule has 0 atom stereocenters. The van der Waals surface area contributed by atoms with Gasteiger partial charge in [0, 0.05) is 0 Å². The maximum absolute atomic E-state index is 13.0. The van der Waals surface area contributed by atoms with Crippen molar-refractivity contribution in [2.45, 2.75) is 19.9 Å². The van der Waals surface area contributed by atoms with Gasteiger partial charge in [-0.1, -0.05) is 37.3 Å². The predicted octanol–water partition coefficient (Wildman–Crippen LogP) is 2.19. The molecular weight excluding hydrogens is 344 g/mol. The molecule has 27 heavy (non-hydrogen) atoms. The van der Waals surface area contributed by atoms with Gasteiger partial charge in [0.1, 0.15) is 5.82 Å². The molecule has 0 aliphatic rings. The highest BCUT2D eigenvalue weighted by Crippen LogP contribution is 2.16. The molecule has 0 aliphatic heterocycles. The van der Waals surface area contributed by atoms with Crippen molar-refractivity contribution in [3.63, 3.8) is 0 Å². The van der Waals surface area contributed by atoms with E-state index < -0.39 is 11.2 Å². The monoisotopic (exact) mass is 362 g/mol. The molecule has 2 heterocycles. The van der Waals surface area contributed by atoms with Crippen LogP contribution < -0.4 is 11.2 Å². The van der Waals surface area contributed by atoms with Gasteiger partial charge in [-0.15, -0.1) is 0 Å². The molecule has 2 aromatic heterocycles. The third-order valence-electron chi connectivity index (χ3n) is 4.52. The summed E-state index contributed by atoms with van der Waals surface area (Å²) < 4.78 is 2.26. The molecule has 0 unspecified atom stereocenters. The fourth-order valence-electron chi connectivity index (χ4n) is 3.18. The minimum absolute atomic E-state index is 0.0272. The largest absolute Gasteiger partial charge is 0.494 e. The number of nitrogens with zero attached hydrogens (tertiary/aromatic N) is 3. The van der Waals surface area contributed by atoms with Gasteiger partial charge in [0.25, 0.3) is 5.56 Å². The molecule has 2 N–H and O–H groups in total. The fourth-order valence-corrected chi connectivity index (χ4v) is 3.18. The number of aromatic nitrogens is 4. The van der Waals surface area contributed by atoms with Crippen molar-refractivity contribution in [3.05, 3.63) is 86.8 Å². The van der Waals surface area contributed by atoms with E-state index in [4.69, 9.17) is 0 Å². The Hall–Kier alpha value is -3.61. The number of fused-ring (bicyclic) bond motifs is 1. The highest BCUT2D eigenvalue weighted by Gasteiger charge is 2.19. The quantitative estimate of drug-likeness (QED) is 0.582. The minimum atomic E-state index is -0.610. The molecule has 4 aromatic rings. The highest BCUT2D eigenvalue weighted by molar-refractivity contribution is 5.74. The second kappa shape index (κ2) is 6.60. The van der Waals surface area contributed by atoms with Crippen LogP contribution in [0.4, 0.5) is 0 Å². The lowest BCUT2D eigenvalue weighted by Gasteiger charge is -2.14. The lowest BCUT2D eigenvalue weighted by Crippen LogP contribution is -2.40. The normalized spacial score (nSPS) is 11.1. The first-order valence-electron chi connectivity index (χ1n) is 8.67. The Morgan fingerprint density at radius 2 is 1.74 bits per heavy atom. The molecule has 7 nitrogen and oxygen atoms in total. The van der Waals surface area contributed by atoms with Gasteiger partial charge in [0.2, 0.25) is 5.88 Å². The Morgan fingerprint density at radius 3 is 2.44 bits per heavy atom. The van der Waals surface area contributed by atoms with E-state index >= 15 is 0 Å². The van der Waals surface area contributed by atoms with Crippen LogP contribution in [0.5, 0.6) is 5.88 Å². The van der Waals surface area contributed by atoms with E-state index in [1.807, 2.05) is 30.3 Å². The van der Waals surface area contributed by atoms with E-state index in [1.54, 1.807) is 31.2 Å². The summed E-state index contributed by atoms with van der Waals surface area (Å²) in [6, 6.07) is 16.2. The minimum Gasteiger partial charge on any atom is -0.494 e. The maximum Gasteiger partial charge on any atom is 0.338 e. The number of nitrogens with one attached hydrogen (secondary N) is 1. The summed E-state index contributed by atoms with van der Waals surface area (Å²) in [4.78, 5) is 33.4. The Labute approximate surface area is 154 Å². The molecule has 4 rings (SSSR count). The van der Waals surface area contributed by atoms with E-state index in [0.717, 1.165) is 15.6 Å². The molecule has 0 amide bonds. The van der Waals surface area contributed by atoms with Crippen LogP contribution in [0.3, 0.4) is 0 Å². The summed E-state index contributed by atoms with van der Waals surface area (Å²) in [6.45, 7) is 1.79. The molecule has 136 valence electrons. The lowest BCUT2D eigenvalue weighted by molar-refractivity contribution is 0.396.